The number of amides is 4. The third-order valence-corrected chi connectivity index (χ3v) is 4.08. The minimum Gasteiger partial charge on any atom is -0.394 e. The van der Waals surface area contributed by atoms with Crippen LogP contribution in [0.4, 0.5) is 10.5 Å². The Balaban J connectivity index is 1.67. The van der Waals surface area contributed by atoms with Gasteiger partial charge in [0.2, 0.25) is 11.8 Å². The van der Waals surface area contributed by atoms with Gasteiger partial charge >= 0.3 is 6.03 Å². The summed E-state index contributed by atoms with van der Waals surface area (Å²) in [5, 5.41) is 14.4. The minimum atomic E-state index is -0.886. The SMILES string of the molecule is O=C1N[C@@H](CO)C(=O)N2CCN(C(=O)Nc3ccccc3)C[C@H]12. The number of aliphatic hydroxyl groups excluding tert-OH is 1. The van der Waals surface area contributed by atoms with Gasteiger partial charge in [-0.1, -0.05) is 18.2 Å². The number of para-hydroxylation sites is 1. The molecule has 0 radical (unpaired) electrons. The number of carbonyl (C=O) groups is 3. The van der Waals surface area contributed by atoms with E-state index in [-0.39, 0.29) is 30.9 Å². The maximum absolute atomic E-state index is 12.3. The average Bonchev–Trinajstić information content (AvgIpc) is 2.58. The quantitative estimate of drug-likeness (QED) is 0.666. The minimum absolute atomic E-state index is 0.133. The van der Waals surface area contributed by atoms with Crippen LogP contribution in [0.3, 0.4) is 0 Å². The van der Waals surface area contributed by atoms with E-state index in [1.807, 2.05) is 18.2 Å². The fourth-order valence-corrected chi connectivity index (χ4v) is 2.83. The zero-order valence-electron chi connectivity index (χ0n) is 12.4. The lowest BCUT2D eigenvalue weighted by Gasteiger charge is -2.44. The molecule has 3 rings (SSSR count). The van der Waals surface area contributed by atoms with Gasteiger partial charge in [-0.15, -0.1) is 0 Å². The Morgan fingerprint density at radius 3 is 2.70 bits per heavy atom. The van der Waals surface area contributed by atoms with Gasteiger partial charge in [0.25, 0.3) is 0 Å². The summed E-state index contributed by atoms with van der Waals surface area (Å²) in [4.78, 5) is 39.5. The van der Waals surface area contributed by atoms with Crippen molar-refractivity contribution in [1.82, 2.24) is 15.1 Å². The molecule has 8 heteroatoms. The average molecular weight is 318 g/mol. The number of piperazine rings is 2. The smallest absolute Gasteiger partial charge is 0.321 e. The number of benzene rings is 1. The van der Waals surface area contributed by atoms with Crippen molar-refractivity contribution < 1.29 is 19.5 Å². The lowest BCUT2D eigenvalue weighted by Crippen LogP contribution is -2.70. The van der Waals surface area contributed by atoms with E-state index < -0.39 is 18.7 Å². The molecular formula is C15H18N4O4. The number of anilines is 1. The highest BCUT2D eigenvalue weighted by atomic mass is 16.3. The van der Waals surface area contributed by atoms with Gasteiger partial charge in [-0.2, -0.15) is 0 Å². The number of nitrogens with zero attached hydrogens (tertiary/aromatic N) is 2. The molecule has 0 aliphatic carbocycles. The number of carbonyl (C=O) groups excluding carboxylic acids is 3. The Kier molecular flexibility index (Phi) is 4.16. The van der Waals surface area contributed by atoms with Crippen molar-refractivity contribution in [3.8, 4) is 0 Å². The fourth-order valence-electron chi connectivity index (χ4n) is 2.83. The molecule has 4 amide bonds. The van der Waals surface area contributed by atoms with Crippen LogP contribution in [0.1, 0.15) is 0 Å². The molecule has 2 atom stereocenters. The monoisotopic (exact) mass is 318 g/mol. The molecule has 2 saturated heterocycles. The number of aliphatic hydroxyl groups is 1. The molecule has 0 saturated carbocycles. The molecule has 122 valence electrons. The van der Waals surface area contributed by atoms with Crippen LogP contribution >= 0.6 is 0 Å². The molecule has 3 N–H and O–H groups in total. The first-order valence-corrected chi connectivity index (χ1v) is 7.43. The molecule has 0 aromatic heterocycles. The second-order valence-corrected chi connectivity index (χ2v) is 5.53. The molecule has 1 aromatic rings. The highest BCUT2D eigenvalue weighted by molar-refractivity contribution is 5.98. The van der Waals surface area contributed by atoms with Crippen molar-refractivity contribution in [2.75, 3.05) is 31.6 Å². The maximum atomic E-state index is 12.3. The molecule has 1 aromatic carbocycles. The molecular weight excluding hydrogens is 300 g/mol. The summed E-state index contributed by atoms with van der Waals surface area (Å²) in [5.74, 6) is -0.652. The van der Waals surface area contributed by atoms with Crippen molar-refractivity contribution in [1.29, 1.82) is 0 Å². The van der Waals surface area contributed by atoms with Gasteiger partial charge in [-0.05, 0) is 12.1 Å². The largest absolute Gasteiger partial charge is 0.394 e. The third kappa shape index (κ3) is 2.98. The van der Waals surface area contributed by atoms with Crippen molar-refractivity contribution in [2.45, 2.75) is 12.1 Å². The summed E-state index contributed by atoms with van der Waals surface area (Å²) in [7, 11) is 0. The van der Waals surface area contributed by atoms with Gasteiger partial charge in [0.15, 0.2) is 0 Å². The van der Waals surface area contributed by atoms with Crippen LogP contribution in [-0.4, -0.2) is 71.1 Å². The van der Waals surface area contributed by atoms with Crippen molar-refractivity contribution in [3.05, 3.63) is 30.3 Å². The van der Waals surface area contributed by atoms with E-state index in [1.165, 1.54) is 9.80 Å². The lowest BCUT2D eigenvalue weighted by atomic mass is 10.0. The Morgan fingerprint density at radius 2 is 2.00 bits per heavy atom. The summed E-state index contributed by atoms with van der Waals surface area (Å²) >= 11 is 0. The summed E-state index contributed by atoms with van der Waals surface area (Å²) in [6, 6.07) is 7.13. The second-order valence-electron chi connectivity index (χ2n) is 5.53. The fraction of sp³-hybridized carbons (Fsp3) is 0.400. The summed E-state index contributed by atoms with van der Waals surface area (Å²) in [5.41, 5.74) is 0.671. The lowest BCUT2D eigenvalue weighted by molar-refractivity contribution is -0.153. The number of rotatable bonds is 2. The molecule has 0 unspecified atom stereocenters. The molecule has 2 fully saturated rings. The van der Waals surface area contributed by atoms with Crippen LogP contribution in [0.25, 0.3) is 0 Å². The Hall–Kier alpha value is -2.61. The van der Waals surface area contributed by atoms with E-state index in [0.717, 1.165) is 0 Å². The number of hydrogen-bond acceptors (Lipinski definition) is 4. The van der Waals surface area contributed by atoms with Crippen LogP contribution < -0.4 is 10.6 Å². The summed E-state index contributed by atoms with van der Waals surface area (Å²) in [6.07, 6.45) is 0. The zero-order chi connectivity index (χ0) is 16.4. The first kappa shape index (κ1) is 15.3. The highest BCUT2D eigenvalue weighted by Gasteiger charge is 2.43. The standard InChI is InChI=1S/C15H18N4O4/c20-9-11-14(22)19-7-6-18(8-12(19)13(21)17-11)15(23)16-10-4-2-1-3-5-10/h1-5,11-12,20H,6-9H2,(H,16,23)(H,17,21)/t11-,12+/m0/s1. The predicted octanol–water partition coefficient (Wildman–Crippen LogP) is -0.778. The molecule has 23 heavy (non-hydrogen) atoms. The van der Waals surface area contributed by atoms with E-state index in [2.05, 4.69) is 10.6 Å². The van der Waals surface area contributed by atoms with E-state index in [1.54, 1.807) is 12.1 Å². The van der Waals surface area contributed by atoms with Crippen molar-refractivity contribution in [3.63, 3.8) is 0 Å². The molecule has 8 nitrogen and oxygen atoms in total. The summed E-state index contributed by atoms with van der Waals surface area (Å²) in [6.45, 7) is 0.322. The van der Waals surface area contributed by atoms with Crippen LogP contribution in [0.15, 0.2) is 30.3 Å². The van der Waals surface area contributed by atoms with Crippen LogP contribution in [0.5, 0.6) is 0 Å². The number of fused-ring (bicyclic) bond motifs is 1. The Labute approximate surface area is 133 Å². The Bertz CT molecular complexity index is 621. The summed E-state index contributed by atoms with van der Waals surface area (Å²) < 4.78 is 0. The number of hydrogen-bond donors (Lipinski definition) is 3. The van der Waals surface area contributed by atoms with Gasteiger partial charge in [-0.3, -0.25) is 9.59 Å². The zero-order valence-corrected chi connectivity index (χ0v) is 12.4. The van der Waals surface area contributed by atoms with Gasteiger partial charge < -0.3 is 25.5 Å². The van der Waals surface area contributed by atoms with E-state index >= 15 is 0 Å². The topological polar surface area (TPSA) is 102 Å². The molecule has 0 bridgehead atoms. The molecule has 2 aliphatic heterocycles. The molecule has 0 spiro atoms. The molecule has 2 aliphatic rings. The van der Waals surface area contributed by atoms with Crippen molar-refractivity contribution >= 4 is 23.5 Å². The first-order valence-electron chi connectivity index (χ1n) is 7.43. The van der Waals surface area contributed by atoms with Gasteiger partial charge in [-0.25, -0.2) is 4.79 Å². The van der Waals surface area contributed by atoms with Gasteiger partial charge in [0, 0.05) is 18.8 Å². The second kappa shape index (κ2) is 6.25. The van der Waals surface area contributed by atoms with Gasteiger partial charge in [0.1, 0.15) is 12.1 Å². The van der Waals surface area contributed by atoms with E-state index in [9.17, 15) is 14.4 Å². The normalized spacial score (nSPS) is 24.0. The van der Waals surface area contributed by atoms with E-state index in [4.69, 9.17) is 5.11 Å². The molecule has 2 heterocycles. The third-order valence-electron chi connectivity index (χ3n) is 4.08. The van der Waals surface area contributed by atoms with Crippen LogP contribution in [0.2, 0.25) is 0 Å². The van der Waals surface area contributed by atoms with E-state index in [0.29, 0.717) is 12.2 Å². The number of urea groups is 1. The van der Waals surface area contributed by atoms with Crippen molar-refractivity contribution in [2.24, 2.45) is 0 Å². The van der Waals surface area contributed by atoms with Gasteiger partial charge in [0.05, 0.1) is 13.2 Å². The predicted molar refractivity (Wildman–Crippen MR) is 81.6 cm³/mol. The highest BCUT2D eigenvalue weighted by Crippen LogP contribution is 2.17. The Morgan fingerprint density at radius 1 is 1.26 bits per heavy atom. The van der Waals surface area contributed by atoms with Crippen LogP contribution in [-0.2, 0) is 9.59 Å². The van der Waals surface area contributed by atoms with Crippen LogP contribution in [0, 0.1) is 0 Å². The number of nitrogens with one attached hydrogen (secondary N) is 2. The first-order chi connectivity index (χ1) is 11.1. The maximum Gasteiger partial charge on any atom is 0.321 e.